The fourth-order valence-electron chi connectivity index (χ4n) is 4.80. The summed E-state index contributed by atoms with van der Waals surface area (Å²) >= 11 is 6.84. The van der Waals surface area contributed by atoms with Crippen LogP contribution in [0.3, 0.4) is 0 Å². The molecule has 0 aromatic rings. The summed E-state index contributed by atoms with van der Waals surface area (Å²) in [5.74, 6) is 0. The summed E-state index contributed by atoms with van der Waals surface area (Å²) in [6.45, 7) is 8.86. The Bertz CT molecular complexity index is 659. The van der Waals surface area contributed by atoms with Gasteiger partial charge in [0, 0.05) is 10.8 Å². The van der Waals surface area contributed by atoms with E-state index in [4.69, 9.17) is 11.6 Å². The van der Waals surface area contributed by atoms with E-state index in [-0.39, 0.29) is 0 Å². The first-order valence-electron chi connectivity index (χ1n) is 6.58. The Morgan fingerprint density at radius 2 is 0.952 bits per heavy atom. The van der Waals surface area contributed by atoms with E-state index in [0.29, 0.717) is 0 Å². The standard InChI is InChI=1S/C16H15ClN4/c1-10-11(2)13(4)14(5,17)12(10,3)15(6-18,7-19)16(13,8-20)9-21/h1-5H3/t12-,13+,14?. The Morgan fingerprint density at radius 3 is 1.14 bits per heavy atom. The van der Waals surface area contributed by atoms with Gasteiger partial charge in [-0.15, -0.1) is 11.6 Å². The molecule has 2 aliphatic rings. The minimum absolute atomic E-state index is 0.826. The minimum atomic E-state index is -1.81. The lowest BCUT2D eigenvalue weighted by Gasteiger charge is -2.44. The molecule has 0 amide bonds. The van der Waals surface area contributed by atoms with Crippen LogP contribution in [0, 0.1) is 67.0 Å². The Hall–Kier alpha value is -2.01. The molecule has 0 heterocycles. The monoisotopic (exact) mass is 298 g/mol. The van der Waals surface area contributed by atoms with E-state index in [1.54, 1.807) is 20.8 Å². The summed E-state index contributed by atoms with van der Waals surface area (Å²) in [6.07, 6.45) is 0. The number of halogens is 1. The summed E-state index contributed by atoms with van der Waals surface area (Å²) in [5.41, 5.74) is -4.11. The lowest BCUT2D eigenvalue weighted by atomic mass is 9.49. The molecule has 3 atom stereocenters. The summed E-state index contributed by atoms with van der Waals surface area (Å²) < 4.78 is 0. The Labute approximate surface area is 129 Å². The SMILES string of the molecule is CC1=C(C)[C@]2(C)C(C#N)(C#N)C(C#N)(C#N)[C@@]1(C)C2(C)Cl. The zero-order valence-corrected chi connectivity index (χ0v) is 13.4. The first-order chi connectivity index (χ1) is 9.56. The predicted octanol–water partition coefficient (Wildman–Crippen LogP) is 3.43. The van der Waals surface area contributed by atoms with Gasteiger partial charge >= 0.3 is 0 Å². The summed E-state index contributed by atoms with van der Waals surface area (Å²) in [6, 6.07) is 8.00. The molecule has 1 unspecified atom stereocenters. The second kappa shape index (κ2) is 3.60. The van der Waals surface area contributed by atoms with Crippen molar-refractivity contribution < 1.29 is 0 Å². The molecular weight excluding hydrogens is 284 g/mol. The predicted molar refractivity (Wildman–Crippen MR) is 76.2 cm³/mol. The van der Waals surface area contributed by atoms with Gasteiger partial charge in [0.15, 0.2) is 10.8 Å². The molecule has 0 aromatic carbocycles. The van der Waals surface area contributed by atoms with Gasteiger partial charge < -0.3 is 0 Å². The third-order valence-electron chi connectivity index (χ3n) is 6.67. The quantitative estimate of drug-likeness (QED) is 0.505. The van der Waals surface area contributed by atoms with Crippen LogP contribution in [0.1, 0.15) is 34.6 Å². The lowest BCUT2D eigenvalue weighted by Crippen LogP contribution is -2.51. The Balaban J connectivity index is 3.20. The van der Waals surface area contributed by atoms with Gasteiger partial charge in [0.05, 0.1) is 29.2 Å². The first kappa shape index (κ1) is 15.4. The number of nitriles is 4. The first-order valence-corrected chi connectivity index (χ1v) is 6.96. The van der Waals surface area contributed by atoms with Gasteiger partial charge in [-0.2, -0.15) is 21.0 Å². The van der Waals surface area contributed by atoms with Gasteiger partial charge in [0.25, 0.3) is 0 Å². The van der Waals surface area contributed by atoms with E-state index >= 15 is 0 Å². The normalized spacial score (nSPS) is 41.8. The number of hydrogen-bond acceptors (Lipinski definition) is 4. The molecule has 1 fully saturated rings. The molecule has 2 rings (SSSR count). The van der Waals surface area contributed by atoms with Crippen molar-refractivity contribution in [3.05, 3.63) is 11.1 Å². The molecule has 0 saturated heterocycles. The largest absolute Gasteiger partial charge is 0.196 e. The molecule has 0 aromatic heterocycles. The molecule has 2 aliphatic carbocycles. The van der Waals surface area contributed by atoms with Crippen LogP contribution in [-0.2, 0) is 0 Å². The maximum Gasteiger partial charge on any atom is 0.186 e. The van der Waals surface area contributed by atoms with Crippen molar-refractivity contribution in [2.24, 2.45) is 21.7 Å². The molecule has 0 aliphatic heterocycles. The molecule has 0 N–H and O–H groups in total. The van der Waals surface area contributed by atoms with Gasteiger partial charge in [0.1, 0.15) is 0 Å². The van der Waals surface area contributed by atoms with Crippen LogP contribution in [0.15, 0.2) is 11.1 Å². The summed E-state index contributed by atoms with van der Waals surface area (Å²) in [7, 11) is 0. The molecule has 4 nitrogen and oxygen atoms in total. The van der Waals surface area contributed by atoms with Crippen molar-refractivity contribution in [1.82, 2.24) is 0 Å². The number of alkyl halides is 1. The van der Waals surface area contributed by atoms with E-state index in [1.165, 1.54) is 0 Å². The van der Waals surface area contributed by atoms with Crippen molar-refractivity contribution >= 4 is 11.6 Å². The fraction of sp³-hybridized carbons (Fsp3) is 0.625. The fourth-order valence-corrected chi connectivity index (χ4v) is 5.37. The molecule has 0 radical (unpaired) electrons. The van der Waals surface area contributed by atoms with Gasteiger partial charge in [0.2, 0.25) is 0 Å². The van der Waals surface area contributed by atoms with Crippen LogP contribution in [0.2, 0.25) is 0 Å². The van der Waals surface area contributed by atoms with Crippen LogP contribution in [0.5, 0.6) is 0 Å². The average molecular weight is 299 g/mol. The second-order valence-electron chi connectivity index (χ2n) is 6.45. The van der Waals surface area contributed by atoms with Crippen LogP contribution < -0.4 is 0 Å². The average Bonchev–Trinajstić information content (AvgIpc) is 2.64. The maximum atomic E-state index is 9.80. The van der Waals surface area contributed by atoms with Crippen LogP contribution in [0.4, 0.5) is 0 Å². The highest BCUT2D eigenvalue weighted by Crippen LogP contribution is 2.84. The second-order valence-corrected chi connectivity index (χ2v) is 7.21. The highest BCUT2D eigenvalue weighted by atomic mass is 35.5. The smallest absolute Gasteiger partial charge is 0.186 e. The Morgan fingerprint density at radius 1 is 0.714 bits per heavy atom. The van der Waals surface area contributed by atoms with Gasteiger partial charge in [-0.25, -0.2) is 0 Å². The molecule has 1 saturated carbocycles. The third kappa shape index (κ3) is 0.913. The highest BCUT2D eigenvalue weighted by Gasteiger charge is 2.90. The minimum Gasteiger partial charge on any atom is -0.196 e. The summed E-state index contributed by atoms with van der Waals surface area (Å²) in [5, 5.41) is 39.2. The van der Waals surface area contributed by atoms with E-state index in [9.17, 15) is 21.0 Å². The van der Waals surface area contributed by atoms with Crippen molar-refractivity contribution in [2.45, 2.75) is 39.5 Å². The van der Waals surface area contributed by atoms with E-state index in [1.807, 2.05) is 38.1 Å². The van der Waals surface area contributed by atoms with Crippen molar-refractivity contribution in [3.8, 4) is 24.3 Å². The number of rotatable bonds is 0. The maximum absolute atomic E-state index is 9.80. The molecule has 2 bridgehead atoms. The van der Waals surface area contributed by atoms with Crippen molar-refractivity contribution in [1.29, 1.82) is 21.0 Å². The molecule has 5 heteroatoms. The molecule has 106 valence electrons. The number of hydrogen-bond donors (Lipinski definition) is 0. The zero-order valence-electron chi connectivity index (χ0n) is 12.7. The molecular formula is C16H15ClN4. The van der Waals surface area contributed by atoms with E-state index < -0.39 is 26.5 Å². The van der Waals surface area contributed by atoms with Crippen LogP contribution in [-0.4, -0.2) is 4.87 Å². The van der Waals surface area contributed by atoms with E-state index in [2.05, 4.69) is 0 Å². The number of nitrogens with zero attached hydrogens (tertiary/aromatic N) is 4. The van der Waals surface area contributed by atoms with Crippen LogP contribution >= 0.6 is 11.6 Å². The number of fused-ring (bicyclic) bond motifs is 2. The lowest BCUT2D eigenvalue weighted by molar-refractivity contribution is 0.155. The van der Waals surface area contributed by atoms with Crippen molar-refractivity contribution in [2.75, 3.05) is 0 Å². The van der Waals surface area contributed by atoms with Gasteiger partial charge in [-0.1, -0.05) is 25.0 Å². The van der Waals surface area contributed by atoms with Gasteiger partial charge in [-0.05, 0) is 20.8 Å². The van der Waals surface area contributed by atoms with Crippen LogP contribution in [0.25, 0.3) is 0 Å². The molecule has 0 spiro atoms. The molecule has 21 heavy (non-hydrogen) atoms. The third-order valence-corrected chi connectivity index (χ3v) is 7.43. The van der Waals surface area contributed by atoms with Crippen molar-refractivity contribution in [3.63, 3.8) is 0 Å². The van der Waals surface area contributed by atoms with E-state index in [0.717, 1.165) is 11.1 Å². The topological polar surface area (TPSA) is 95.2 Å². The number of allylic oxidation sites excluding steroid dienone is 2. The zero-order chi connectivity index (χ0) is 16.5. The summed E-state index contributed by atoms with van der Waals surface area (Å²) in [4.78, 5) is -1.08. The van der Waals surface area contributed by atoms with Gasteiger partial charge in [-0.3, -0.25) is 0 Å². The Kier molecular flexibility index (Phi) is 2.64. The highest BCUT2D eigenvalue weighted by molar-refractivity contribution is 6.26.